The van der Waals surface area contributed by atoms with E-state index in [2.05, 4.69) is 44.3 Å². The molecule has 140 valence electrons. The SMILES string of the molecule is COc1cccc2c1-c1ccc3c(c1C(C=CCO)O2)C(C)=CC(C)(C)N3. The van der Waals surface area contributed by atoms with Crippen molar-refractivity contribution in [2.24, 2.45) is 0 Å². The lowest BCUT2D eigenvalue weighted by molar-refractivity contribution is 0.247. The third-order valence-corrected chi connectivity index (χ3v) is 5.11. The Hall–Kier alpha value is -2.72. The molecule has 0 aliphatic carbocycles. The van der Waals surface area contributed by atoms with Gasteiger partial charge in [-0.1, -0.05) is 24.3 Å². The van der Waals surface area contributed by atoms with E-state index in [9.17, 15) is 5.11 Å². The van der Waals surface area contributed by atoms with Crippen LogP contribution in [0.15, 0.2) is 48.6 Å². The van der Waals surface area contributed by atoms with E-state index in [1.807, 2.05) is 24.3 Å². The second-order valence-electron chi connectivity index (χ2n) is 7.61. The van der Waals surface area contributed by atoms with Crippen molar-refractivity contribution in [1.82, 2.24) is 0 Å². The Morgan fingerprint density at radius 2 is 2.04 bits per heavy atom. The summed E-state index contributed by atoms with van der Waals surface area (Å²) in [5.74, 6) is 1.59. The number of benzene rings is 2. The van der Waals surface area contributed by atoms with Crippen LogP contribution in [0.1, 0.15) is 38.0 Å². The van der Waals surface area contributed by atoms with E-state index in [-0.39, 0.29) is 18.2 Å². The lowest BCUT2D eigenvalue weighted by Crippen LogP contribution is -2.32. The van der Waals surface area contributed by atoms with Gasteiger partial charge in [-0.25, -0.2) is 0 Å². The molecule has 27 heavy (non-hydrogen) atoms. The maximum atomic E-state index is 9.30. The molecule has 1 unspecified atom stereocenters. The van der Waals surface area contributed by atoms with Gasteiger partial charge in [-0.15, -0.1) is 0 Å². The van der Waals surface area contributed by atoms with Crippen molar-refractivity contribution in [3.8, 4) is 22.6 Å². The molecule has 2 aromatic carbocycles. The first-order chi connectivity index (χ1) is 12.9. The van der Waals surface area contributed by atoms with Gasteiger partial charge in [-0.2, -0.15) is 0 Å². The summed E-state index contributed by atoms with van der Waals surface area (Å²) < 4.78 is 12.0. The number of ether oxygens (including phenoxy) is 2. The molecule has 2 aliphatic rings. The first-order valence-electron chi connectivity index (χ1n) is 9.21. The second kappa shape index (κ2) is 6.46. The van der Waals surface area contributed by atoms with E-state index in [1.165, 1.54) is 5.57 Å². The van der Waals surface area contributed by atoms with Crippen LogP contribution in [-0.2, 0) is 0 Å². The van der Waals surface area contributed by atoms with Crippen LogP contribution in [0.25, 0.3) is 16.7 Å². The van der Waals surface area contributed by atoms with Crippen molar-refractivity contribution >= 4 is 11.3 Å². The molecule has 2 N–H and O–H groups in total. The number of anilines is 1. The van der Waals surface area contributed by atoms with Crippen LogP contribution < -0.4 is 14.8 Å². The summed E-state index contributed by atoms with van der Waals surface area (Å²) >= 11 is 0. The Morgan fingerprint density at radius 1 is 1.22 bits per heavy atom. The van der Waals surface area contributed by atoms with Crippen molar-refractivity contribution in [3.63, 3.8) is 0 Å². The monoisotopic (exact) mass is 363 g/mol. The number of aliphatic hydroxyl groups is 1. The van der Waals surface area contributed by atoms with Gasteiger partial charge >= 0.3 is 0 Å². The fourth-order valence-electron chi connectivity index (χ4n) is 4.22. The zero-order chi connectivity index (χ0) is 19.2. The summed E-state index contributed by atoms with van der Waals surface area (Å²) in [7, 11) is 1.68. The van der Waals surface area contributed by atoms with Crippen molar-refractivity contribution in [2.75, 3.05) is 19.0 Å². The molecule has 4 rings (SSSR count). The van der Waals surface area contributed by atoms with E-state index < -0.39 is 0 Å². The molecule has 0 aromatic heterocycles. The summed E-state index contributed by atoms with van der Waals surface area (Å²) in [5, 5.41) is 12.9. The van der Waals surface area contributed by atoms with Crippen molar-refractivity contribution < 1.29 is 14.6 Å². The first kappa shape index (κ1) is 17.7. The number of nitrogens with one attached hydrogen (secondary N) is 1. The smallest absolute Gasteiger partial charge is 0.143 e. The maximum absolute atomic E-state index is 9.30. The second-order valence-corrected chi connectivity index (χ2v) is 7.61. The van der Waals surface area contributed by atoms with Gasteiger partial charge in [0.15, 0.2) is 0 Å². The Morgan fingerprint density at radius 3 is 2.78 bits per heavy atom. The largest absolute Gasteiger partial charge is 0.496 e. The molecule has 0 amide bonds. The van der Waals surface area contributed by atoms with Gasteiger partial charge in [-0.3, -0.25) is 0 Å². The third-order valence-electron chi connectivity index (χ3n) is 5.11. The maximum Gasteiger partial charge on any atom is 0.143 e. The zero-order valence-electron chi connectivity index (χ0n) is 16.2. The average molecular weight is 363 g/mol. The molecule has 4 heteroatoms. The topological polar surface area (TPSA) is 50.7 Å². The molecule has 2 aliphatic heterocycles. The lowest BCUT2D eigenvalue weighted by atomic mass is 9.81. The minimum Gasteiger partial charge on any atom is -0.496 e. The average Bonchev–Trinajstić information content (AvgIpc) is 2.63. The van der Waals surface area contributed by atoms with Crippen molar-refractivity contribution in [1.29, 1.82) is 0 Å². The normalized spacial score (nSPS) is 19.3. The predicted molar refractivity (Wildman–Crippen MR) is 109 cm³/mol. The number of hydrogen-bond donors (Lipinski definition) is 2. The molecule has 2 aromatic rings. The summed E-state index contributed by atoms with van der Waals surface area (Å²) in [6, 6.07) is 10.1. The highest BCUT2D eigenvalue weighted by atomic mass is 16.5. The summed E-state index contributed by atoms with van der Waals surface area (Å²) in [5.41, 5.74) is 6.56. The fourth-order valence-corrected chi connectivity index (χ4v) is 4.22. The van der Waals surface area contributed by atoms with Gasteiger partial charge in [-0.05, 0) is 56.2 Å². The number of rotatable bonds is 3. The first-order valence-corrected chi connectivity index (χ1v) is 9.21. The summed E-state index contributed by atoms with van der Waals surface area (Å²) in [6.07, 6.45) is 5.64. The lowest BCUT2D eigenvalue weighted by Gasteiger charge is -2.36. The van der Waals surface area contributed by atoms with E-state index in [1.54, 1.807) is 13.2 Å². The van der Waals surface area contributed by atoms with Crippen molar-refractivity contribution in [3.05, 3.63) is 59.7 Å². The minimum absolute atomic E-state index is 0.0186. The number of methoxy groups -OCH3 is 1. The van der Waals surface area contributed by atoms with Crippen molar-refractivity contribution in [2.45, 2.75) is 32.4 Å². The molecule has 0 saturated heterocycles. The van der Waals surface area contributed by atoms with Gasteiger partial charge < -0.3 is 19.9 Å². The quantitative estimate of drug-likeness (QED) is 0.758. The van der Waals surface area contributed by atoms with Crippen LogP contribution in [0.5, 0.6) is 11.5 Å². The van der Waals surface area contributed by atoms with E-state index >= 15 is 0 Å². The van der Waals surface area contributed by atoms with Gasteiger partial charge in [0.05, 0.1) is 24.8 Å². The number of hydrogen-bond acceptors (Lipinski definition) is 4. The van der Waals surface area contributed by atoms with E-state index in [4.69, 9.17) is 9.47 Å². The molecule has 0 saturated carbocycles. The fraction of sp³-hybridized carbons (Fsp3) is 0.304. The zero-order valence-corrected chi connectivity index (χ0v) is 16.2. The highest BCUT2D eigenvalue weighted by Gasteiger charge is 2.33. The van der Waals surface area contributed by atoms with Crippen LogP contribution in [0, 0.1) is 0 Å². The number of allylic oxidation sites excluding steroid dienone is 1. The summed E-state index contributed by atoms with van der Waals surface area (Å²) in [6.45, 7) is 6.45. The van der Waals surface area contributed by atoms with Gasteiger partial charge in [0.2, 0.25) is 0 Å². The van der Waals surface area contributed by atoms with Crippen LogP contribution in [0.4, 0.5) is 5.69 Å². The molecular formula is C23H25NO3. The molecule has 0 spiro atoms. The van der Waals surface area contributed by atoms with Crippen LogP contribution in [-0.4, -0.2) is 24.4 Å². The molecule has 1 atom stereocenters. The molecule has 0 bridgehead atoms. The number of aliphatic hydroxyl groups excluding tert-OH is 1. The van der Waals surface area contributed by atoms with Crippen LogP contribution in [0.3, 0.4) is 0 Å². The predicted octanol–water partition coefficient (Wildman–Crippen LogP) is 4.95. The third kappa shape index (κ3) is 2.90. The van der Waals surface area contributed by atoms with Crippen LogP contribution in [0.2, 0.25) is 0 Å². The van der Waals surface area contributed by atoms with E-state index in [0.717, 1.165) is 39.4 Å². The number of fused-ring (bicyclic) bond motifs is 5. The molecular weight excluding hydrogens is 338 g/mol. The highest BCUT2D eigenvalue weighted by Crippen LogP contribution is 2.52. The Labute approximate surface area is 160 Å². The Kier molecular flexibility index (Phi) is 4.23. The van der Waals surface area contributed by atoms with E-state index in [0.29, 0.717) is 0 Å². The molecule has 2 heterocycles. The van der Waals surface area contributed by atoms with Gasteiger partial charge in [0, 0.05) is 16.8 Å². The van der Waals surface area contributed by atoms with Crippen LogP contribution >= 0.6 is 0 Å². The standard InChI is InChI=1S/C23H25NO3/c1-14-13-23(2,3)24-16-11-10-15-21-17(26-4)7-5-8-18(21)27-19(9-6-12-25)22(15)20(14)16/h5-11,13,19,24-25H,12H2,1-4H3. The minimum atomic E-state index is -0.270. The highest BCUT2D eigenvalue weighted by molar-refractivity contribution is 5.91. The molecule has 0 radical (unpaired) electrons. The Balaban J connectivity index is 2.02. The molecule has 4 nitrogen and oxygen atoms in total. The molecule has 0 fully saturated rings. The Bertz CT molecular complexity index is 956. The van der Waals surface area contributed by atoms with Gasteiger partial charge in [0.1, 0.15) is 17.6 Å². The van der Waals surface area contributed by atoms with Gasteiger partial charge in [0.25, 0.3) is 0 Å². The summed E-state index contributed by atoms with van der Waals surface area (Å²) in [4.78, 5) is 0.